The Morgan fingerprint density at radius 1 is 0.919 bits per heavy atom. The first kappa shape index (κ1) is 27.4. The van der Waals surface area contributed by atoms with Crippen molar-refractivity contribution >= 4 is 39.4 Å². The third-order valence-electron chi connectivity index (χ3n) is 5.36. The van der Waals surface area contributed by atoms with E-state index in [1.807, 2.05) is 37.3 Å². The molecule has 0 bridgehead atoms. The van der Waals surface area contributed by atoms with E-state index in [2.05, 4.69) is 15.8 Å². The fourth-order valence-corrected chi connectivity index (χ4v) is 4.51. The SMILES string of the molecule is Cc1ccc(NC(=O)COc2ccc(/C=N\NC(=O)CN(c3c(C)cccc3C)S(C)(=O)=O)cc2)cc1. The number of carbonyl (C=O) groups excluding carboxylic acids is 2. The van der Waals surface area contributed by atoms with Crippen molar-refractivity contribution in [2.75, 3.05) is 29.0 Å². The summed E-state index contributed by atoms with van der Waals surface area (Å²) in [6, 6.07) is 19.6. The number of amides is 2. The molecule has 194 valence electrons. The zero-order chi connectivity index (χ0) is 27.0. The zero-order valence-electron chi connectivity index (χ0n) is 21.2. The molecule has 0 saturated heterocycles. The largest absolute Gasteiger partial charge is 0.484 e. The number of hydrogen-bond acceptors (Lipinski definition) is 6. The smallest absolute Gasteiger partial charge is 0.262 e. The first-order valence-electron chi connectivity index (χ1n) is 11.5. The summed E-state index contributed by atoms with van der Waals surface area (Å²) in [5.74, 6) is -0.359. The minimum atomic E-state index is -3.69. The van der Waals surface area contributed by atoms with Crippen LogP contribution in [0, 0.1) is 20.8 Å². The van der Waals surface area contributed by atoms with Crippen molar-refractivity contribution in [2.24, 2.45) is 5.10 Å². The molecule has 0 heterocycles. The van der Waals surface area contributed by atoms with E-state index in [0.29, 0.717) is 22.7 Å². The molecule has 0 atom stereocenters. The number of ether oxygens (including phenoxy) is 1. The Bertz CT molecular complexity index is 1370. The molecular formula is C27H30N4O5S. The highest BCUT2D eigenvalue weighted by Crippen LogP contribution is 2.26. The summed E-state index contributed by atoms with van der Waals surface area (Å²) < 4.78 is 31.3. The molecule has 0 aromatic heterocycles. The number of anilines is 2. The molecule has 2 N–H and O–H groups in total. The number of para-hydroxylation sites is 1. The summed E-state index contributed by atoms with van der Waals surface area (Å²) in [5.41, 5.74) is 6.81. The van der Waals surface area contributed by atoms with Crippen molar-refractivity contribution in [2.45, 2.75) is 20.8 Å². The quantitative estimate of drug-likeness (QED) is 0.312. The molecule has 3 rings (SSSR count). The van der Waals surface area contributed by atoms with Gasteiger partial charge in [0, 0.05) is 5.69 Å². The summed E-state index contributed by atoms with van der Waals surface area (Å²) in [5, 5.41) is 6.68. The maximum absolute atomic E-state index is 12.4. The van der Waals surface area contributed by atoms with Crippen LogP contribution in [-0.2, 0) is 19.6 Å². The van der Waals surface area contributed by atoms with E-state index in [0.717, 1.165) is 27.3 Å². The second-order valence-corrected chi connectivity index (χ2v) is 10.5. The third-order valence-corrected chi connectivity index (χ3v) is 6.48. The fourth-order valence-electron chi connectivity index (χ4n) is 3.54. The minimum absolute atomic E-state index is 0.144. The van der Waals surface area contributed by atoms with Gasteiger partial charge in [0.2, 0.25) is 10.0 Å². The number of hydrogen-bond donors (Lipinski definition) is 2. The number of hydrazone groups is 1. The number of carbonyl (C=O) groups is 2. The molecule has 0 saturated carbocycles. The molecule has 37 heavy (non-hydrogen) atoms. The topological polar surface area (TPSA) is 117 Å². The fraction of sp³-hybridized carbons (Fsp3) is 0.222. The lowest BCUT2D eigenvalue weighted by Crippen LogP contribution is -2.39. The van der Waals surface area contributed by atoms with Gasteiger partial charge in [0.15, 0.2) is 6.61 Å². The summed E-state index contributed by atoms with van der Waals surface area (Å²) in [6.45, 7) is 5.01. The van der Waals surface area contributed by atoms with Gasteiger partial charge in [-0.15, -0.1) is 0 Å². The lowest BCUT2D eigenvalue weighted by molar-refractivity contribution is -0.119. The van der Waals surface area contributed by atoms with Crippen molar-refractivity contribution in [1.82, 2.24) is 5.43 Å². The Kier molecular flexibility index (Phi) is 9.02. The summed E-state index contributed by atoms with van der Waals surface area (Å²) >= 11 is 0. The maximum atomic E-state index is 12.4. The lowest BCUT2D eigenvalue weighted by Gasteiger charge is -2.25. The van der Waals surface area contributed by atoms with Crippen LogP contribution < -0.4 is 19.8 Å². The van der Waals surface area contributed by atoms with Gasteiger partial charge in [-0.05, 0) is 73.9 Å². The maximum Gasteiger partial charge on any atom is 0.262 e. The van der Waals surface area contributed by atoms with E-state index in [1.165, 1.54) is 6.21 Å². The number of nitrogens with zero attached hydrogens (tertiary/aromatic N) is 2. The monoisotopic (exact) mass is 522 g/mol. The zero-order valence-corrected chi connectivity index (χ0v) is 22.0. The first-order valence-corrected chi connectivity index (χ1v) is 13.3. The van der Waals surface area contributed by atoms with Gasteiger partial charge in [0.25, 0.3) is 11.8 Å². The molecule has 0 radical (unpaired) electrons. The van der Waals surface area contributed by atoms with Crippen molar-refractivity contribution < 1.29 is 22.7 Å². The Morgan fingerprint density at radius 3 is 2.14 bits per heavy atom. The standard InChI is InChI=1S/C27H30N4O5S/c1-19-8-12-23(13-9-19)29-26(33)18-36-24-14-10-22(11-15-24)16-28-30-25(32)17-31(37(4,34)35)27-20(2)6-5-7-21(27)3/h5-16H,17-18H2,1-4H3,(H,29,33)(H,30,32)/b28-16-. The Balaban J connectivity index is 1.52. The van der Waals surface area contributed by atoms with E-state index in [9.17, 15) is 18.0 Å². The van der Waals surface area contributed by atoms with Crippen molar-refractivity contribution in [3.05, 3.63) is 89.0 Å². The molecule has 0 fully saturated rings. The first-order chi connectivity index (χ1) is 17.5. The average Bonchev–Trinajstić information content (AvgIpc) is 2.83. The molecule has 0 spiro atoms. The van der Waals surface area contributed by atoms with E-state index in [-0.39, 0.29) is 12.5 Å². The number of sulfonamides is 1. The van der Waals surface area contributed by atoms with Gasteiger partial charge in [0.05, 0.1) is 18.2 Å². The summed E-state index contributed by atoms with van der Waals surface area (Å²) in [7, 11) is -3.69. The van der Waals surface area contributed by atoms with Gasteiger partial charge in [-0.2, -0.15) is 5.10 Å². The van der Waals surface area contributed by atoms with Crippen molar-refractivity contribution in [3.63, 3.8) is 0 Å². The van der Waals surface area contributed by atoms with Crippen LogP contribution in [-0.4, -0.2) is 45.9 Å². The average molecular weight is 523 g/mol. The predicted molar refractivity (Wildman–Crippen MR) is 146 cm³/mol. The van der Waals surface area contributed by atoms with Gasteiger partial charge in [-0.25, -0.2) is 13.8 Å². The molecule has 3 aromatic rings. The van der Waals surface area contributed by atoms with E-state index in [1.54, 1.807) is 50.2 Å². The van der Waals surface area contributed by atoms with E-state index >= 15 is 0 Å². The van der Waals surface area contributed by atoms with E-state index in [4.69, 9.17) is 4.74 Å². The van der Waals surface area contributed by atoms with Gasteiger partial charge < -0.3 is 10.1 Å². The Morgan fingerprint density at radius 2 is 1.54 bits per heavy atom. The molecule has 3 aromatic carbocycles. The van der Waals surface area contributed by atoms with Crippen molar-refractivity contribution in [1.29, 1.82) is 0 Å². The minimum Gasteiger partial charge on any atom is -0.484 e. The van der Waals surface area contributed by atoms with Crippen LogP contribution in [0.2, 0.25) is 0 Å². The predicted octanol–water partition coefficient (Wildman–Crippen LogP) is 3.55. The highest BCUT2D eigenvalue weighted by molar-refractivity contribution is 7.92. The summed E-state index contributed by atoms with van der Waals surface area (Å²) in [6.07, 6.45) is 2.49. The van der Waals surface area contributed by atoms with Crippen LogP contribution in [0.25, 0.3) is 0 Å². The van der Waals surface area contributed by atoms with Gasteiger partial charge in [-0.3, -0.25) is 13.9 Å². The normalized spacial score (nSPS) is 11.2. The number of aryl methyl sites for hydroxylation is 3. The number of benzene rings is 3. The molecule has 0 aliphatic carbocycles. The van der Waals surface area contributed by atoms with Crippen LogP contribution in [0.4, 0.5) is 11.4 Å². The molecule has 10 heteroatoms. The van der Waals surface area contributed by atoms with Crippen LogP contribution in [0.1, 0.15) is 22.3 Å². The molecule has 0 aliphatic heterocycles. The van der Waals surface area contributed by atoms with Gasteiger partial charge in [-0.1, -0.05) is 35.9 Å². The van der Waals surface area contributed by atoms with Gasteiger partial charge in [0.1, 0.15) is 12.3 Å². The number of rotatable bonds is 10. The Hall–Kier alpha value is -4.18. The highest BCUT2D eigenvalue weighted by Gasteiger charge is 2.23. The van der Waals surface area contributed by atoms with Crippen LogP contribution in [0.3, 0.4) is 0 Å². The second kappa shape index (κ2) is 12.2. The highest BCUT2D eigenvalue weighted by atomic mass is 32.2. The Labute approximate surface area is 217 Å². The third kappa shape index (κ3) is 8.18. The van der Waals surface area contributed by atoms with Crippen LogP contribution in [0.15, 0.2) is 71.8 Å². The van der Waals surface area contributed by atoms with Crippen molar-refractivity contribution in [3.8, 4) is 5.75 Å². The van der Waals surface area contributed by atoms with Crippen LogP contribution >= 0.6 is 0 Å². The molecular weight excluding hydrogens is 492 g/mol. The van der Waals surface area contributed by atoms with E-state index < -0.39 is 22.5 Å². The molecule has 0 unspecified atom stereocenters. The second-order valence-electron chi connectivity index (χ2n) is 8.58. The molecule has 2 amide bonds. The summed E-state index contributed by atoms with van der Waals surface area (Å²) in [4.78, 5) is 24.5. The molecule has 9 nitrogen and oxygen atoms in total. The molecule has 0 aliphatic rings. The van der Waals surface area contributed by atoms with Crippen LogP contribution in [0.5, 0.6) is 5.75 Å². The number of nitrogens with one attached hydrogen (secondary N) is 2. The lowest BCUT2D eigenvalue weighted by atomic mass is 10.1. The van der Waals surface area contributed by atoms with Gasteiger partial charge >= 0.3 is 0 Å².